The molecule has 3 rings (SSSR count). The highest BCUT2D eigenvalue weighted by molar-refractivity contribution is 5.77. The fraction of sp³-hybridized carbons (Fsp3) is 0.600. The lowest BCUT2D eigenvalue weighted by atomic mass is 10.0. The van der Waals surface area contributed by atoms with Crippen molar-refractivity contribution >= 4 is 5.91 Å². The highest BCUT2D eigenvalue weighted by Crippen LogP contribution is 2.28. The van der Waals surface area contributed by atoms with E-state index in [1.165, 1.54) is 5.69 Å². The number of rotatable bonds is 3. The molecule has 0 N–H and O–H groups in total. The molecule has 0 fully saturated rings. The third-order valence-electron chi connectivity index (χ3n) is 4.10. The molecule has 3 heterocycles. The van der Waals surface area contributed by atoms with Crippen LogP contribution in [0.2, 0.25) is 0 Å². The Balaban J connectivity index is 1.93. The van der Waals surface area contributed by atoms with Crippen LogP contribution in [0.15, 0.2) is 6.33 Å². The predicted octanol–water partition coefficient (Wildman–Crippen LogP) is 1.15. The van der Waals surface area contributed by atoms with E-state index in [1.54, 1.807) is 6.33 Å². The van der Waals surface area contributed by atoms with E-state index < -0.39 is 0 Å². The van der Waals surface area contributed by atoms with Crippen LogP contribution in [-0.2, 0) is 31.9 Å². The molecule has 0 aromatic carbocycles. The Morgan fingerprint density at radius 3 is 2.77 bits per heavy atom. The summed E-state index contributed by atoms with van der Waals surface area (Å²) < 4.78 is 3.76. The van der Waals surface area contributed by atoms with Gasteiger partial charge in [0, 0.05) is 51.3 Å². The molecule has 1 aliphatic heterocycles. The quantitative estimate of drug-likeness (QED) is 0.853. The van der Waals surface area contributed by atoms with Gasteiger partial charge in [-0.05, 0) is 5.92 Å². The lowest BCUT2D eigenvalue weighted by molar-refractivity contribution is -0.132. The lowest BCUT2D eigenvalue weighted by Gasteiger charge is -2.28. The Morgan fingerprint density at radius 2 is 2.14 bits per heavy atom. The summed E-state index contributed by atoms with van der Waals surface area (Å²) in [5.74, 6) is 1.34. The van der Waals surface area contributed by atoms with Crippen LogP contribution in [0, 0.1) is 5.92 Å². The number of fused-ring (bicyclic) bond motifs is 1. The molecule has 0 saturated carbocycles. The SMILES string of the molecule is CC(C)CC(=O)N1CCc2c(c(-c3nncn3C)nn2C)C1. The summed E-state index contributed by atoms with van der Waals surface area (Å²) in [7, 11) is 3.85. The molecule has 118 valence electrons. The number of nitrogens with zero attached hydrogens (tertiary/aromatic N) is 6. The van der Waals surface area contributed by atoms with E-state index in [9.17, 15) is 4.79 Å². The van der Waals surface area contributed by atoms with Crippen molar-refractivity contribution in [1.82, 2.24) is 29.4 Å². The summed E-state index contributed by atoms with van der Waals surface area (Å²) in [4.78, 5) is 14.3. The molecule has 7 nitrogen and oxygen atoms in total. The maximum Gasteiger partial charge on any atom is 0.223 e. The maximum absolute atomic E-state index is 12.4. The largest absolute Gasteiger partial charge is 0.338 e. The Morgan fingerprint density at radius 1 is 1.36 bits per heavy atom. The Hall–Kier alpha value is -2.18. The first kappa shape index (κ1) is 14.7. The Bertz CT molecular complexity index is 699. The van der Waals surface area contributed by atoms with Gasteiger partial charge in [0.25, 0.3) is 0 Å². The molecule has 0 spiro atoms. The molecule has 1 amide bonds. The van der Waals surface area contributed by atoms with Crippen LogP contribution in [0.3, 0.4) is 0 Å². The minimum absolute atomic E-state index is 0.216. The summed E-state index contributed by atoms with van der Waals surface area (Å²) in [6.45, 7) is 5.51. The van der Waals surface area contributed by atoms with E-state index in [0.29, 0.717) is 18.9 Å². The van der Waals surface area contributed by atoms with Crippen molar-refractivity contribution in [3.05, 3.63) is 17.6 Å². The minimum Gasteiger partial charge on any atom is -0.338 e. The van der Waals surface area contributed by atoms with E-state index in [-0.39, 0.29) is 5.91 Å². The molecule has 0 bridgehead atoms. The predicted molar refractivity (Wildman–Crippen MR) is 81.8 cm³/mol. The van der Waals surface area contributed by atoms with Crippen molar-refractivity contribution in [3.8, 4) is 11.5 Å². The van der Waals surface area contributed by atoms with Gasteiger partial charge < -0.3 is 9.47 Å². The minimum atomic E-state index is 0.216. The van der Waals surface area contributed by atoms with Gasteiger partial charge in [-0.2, -0.15) is 5.10 Å². The van der Waals surface area contributed by atoms with Crippen molar-refractivity contribution in [1.29, 1.82) is 0 Å². The first-order valence-corrected chi connectivity index (χ1v) is 7.64. The highest BCUT2D eigenvalue weighted by Gasteiger charge is 2.28. The van der Waals surface area contributed by atoms with Gasteiger partial charge in [-0.15, -0.1) is 10.2 Å². The average molecular weight is 302 g/mol. The molecule has 0 aliphatic carbocycles. The lowest BCUT2D eigenvalue weighted by Crippen LogP contribution is -2.36. The normalized spacial score (nSPS) is 14.5. The van der Waals surface area contributed by atoms with Gasteiger partial charge in [0.1, 0.15) is 12.0 Å². The summed E-state index contributed by atoms with van der Waals surface area (Å²) in [5, 5.41) is 12.7. The van der Waals surface area contributed by atoms with Gasteiger partial charge in [0.2, 0.25) is 5.91 Å². The van der Waals surface area contributed by atoms with E-state index in [1.807, 2.05) is 28.2 Å². The third kappa shape index (κ3) is 2.51. The molecular formula is C15H22N6O. The van der Waals surface area contributed by atoms with Gasteiger partial charge in [-0.3, -0.25) is 9.48 Å². The van der Waals surface area contributed by atoms with Crippen molar-refractivity contribution in [2.75, 3.05) is 6.54 Å². The molecule has 2 aromatic rings. The molecular weight excluding hydrogens is 280 g/mol. The van der Waals surface area contributed by atoms with Gasteiger partial charge >= 0.3 is 0 Å². The number of hydrogen-bond donors (Lipinski definition) is 0. The zero-order valence-corrected chi connectivity index (χ0v) is 13.6. The summed E-state index contributed by atoms with van der Waals surface area (Å²) >= 11 is 0. The number of aromatic nitrogens is 5. The van der Waals surface area contributed by atoms with E-state index >= 15 is 0 Å². The first-order valence-electron chi connectivity index (χ1n) is 7.64. The molecule has 2 aromatic heterocycles. The van der Waals surface area contributed by atoms with Crippen LogP contribution in [0.4, 0.5) is 0 Å². The van der Waals surface area contributed by atoms with Gasteiger partial charge in [0.15, 0.2) is 5.82 Å². The van der Waals surface area contributed by atoms with E-state index in [0.717, 1.165) is 30.0 Å². The van der Waals surface area contributed by atoms with Crippen LogP contribution < -0.4 is 0 Å². The van der Waals surface area contributed by atoms with Crippen LogP contribution in [-0.4, -0.2) is 41.9 Å². The van der Waals surface area contributed by atoms with Crippen LogP contribution >= 0.6 is 0 Å². The molecule has 0 atom stereocenters. The first-order chi connectivity index (χ1) is 10.5. The fourth-order valence-corrected chi connectivity index (χ4v) is 2.96. The van der Waals surface area contributed by atoms with Gasteiger partial charge in [-0.25, -0.2) is 0 Å². The summed E-state index contributed by atoms with van der Waals surface area (Å²) in [6, 6.07) is 0. The maximum atomic E-state index is 12.4. The van der Waals surface area contributed by atoms with Crippen molar-refractivity contribution in [2.24, 2.45) is 20.0 Å². The zero-order valence-electron chi connectivity index (χ0n) is 13.6. The molecule has 1 aliphatic rings. The van der Waals surface area contributed by atoms with E-state index in [4.69, 9.17) is 0 Å². The number of carbonyl (C=O) groups excluding carboxylic acids is 1. The van der Waals surface area contributed by atoms with E-state index in [2.05, 4.69) is 29.1 Å². The third-order valence-corrected chi connectivity index (χ3v) is 4.10. The second-order valence-corrected chi connectivity index (χ2v) is 6.33. The zero-order chi connectivity index (χ0) is 15.9. The molecule has 0 radical (unpaired) electrons. The second kappa shape index (κ2) is 5.55. The second-order valence-electron chi connectivity index (χ2n) is 6.33. The smallest absolute Gasteiger partial charge is 0.223 e. The Labute approximate surface area is 129 Å². The molecule has 7 heteroatoms. The standard InChI is InChI=1S/C15H22N6O/c1-10(2)7-13(22)21-6-5-12-11(8-21)14(18-20(12)4)15-17-16-9-19(15)3/h9-10H,5-8H2,1-4H3. The fourth-order valence-electron chi connectivity index (χ4n) is 2.96. The van der Waals surface area contributed by atoms with Gasteiger partial charge in [-0.1, -0.05) is 13.8 Å². The highest BCUT2D eigenvalue weighted by atomic mass is 16.2. The molecule has 0 saturated heterocycles. The number of carbonyl (C=O) groups is 1. The van der Waals surface area contributed by atoms with Crippen LogP contribution in [0.1, 0.15) is 31.5 Å². The number of amides is 1. The van der Waals surface area contributed by atoms with Crippen molar-refractivity contribution in [2.45, 2.75) is 33.2 Å². The summed E-state index contributed by atoms with van der Waals surface area (Å²) in [5.41, 5.74) is 3.12. The van der Waals surface area contributed by atoms with Crippen LogP contribution in [0.25, 0.3) is 11.5 Å². The monoisotopic (exact) mass is 302 g/mol. The van der Waals surface area contributed by atoms with Crippen LogP contribution in [0.5, 0.6) is 0 Å². The molecule has 0 unspecified atom stereocenters. The Kier molecular flexibility index (Phi) is 3.72. The van der Waals surface area contributed by atoms with Crippen molar-refractivity contribution < 1.29 is 4.79 Å². The number of aryl methyl sites for hydroxylation is 2. The summed E-state index contributed by atoms with van der Waals surface area (Å²) in [6.07, 6.45) is 3.09. The average Bonchev–Trinajstić information content (AvgIpc) is 3.02. The van der Waals surface area contributed by atoms with Gasteiger partial charge in [0.05, 0.1) is 0 Å². The number of hydrogen-bond acceptors (Lipinski definition) is 4. The topological polar surface area (TPSA) is 68.8 Å². The molecule has 22 heavy (non-hydrogen) atoms. The van der Waals surface area contributed by atoms with Crippen molar-refractivity contribution in [3.63, 3.8) is 0 Å².